The molecule has 8 heteroatoms. The number of benzene rings is 1. The number of nitrogens with zero attached hydrogens (tertiary/aromatic N) is 2. The number of methoxy groups -OCH3 is 1. The second-order valence-electron chi connectivity index (χ2n) is 7.09. The molecule has 1 aromatic carbocycles. The normalized spacial score (nSPS) is 18.9. The van der Waals surface area contributed by atoms with Crippen molar-refractivity contribution >= 4 is 12.0 Å². The molecule has 2 fully saturated rings. The van der Waals surface area contributed by atoms with Crippen LogP contribution in [0.1, 0.15) is 24.3 Å². The number of amides is 2. The molecule has 4 rings (SSSR count). The predicted octanol–water partition coefficient (Wildman–Crippen LogP) is 2.30. The van der Waals surface area contributed by atoms with Crippen molar-refractivity contribution in [1.29, 1.82) is 0 Å². The highest BCUT2D eigenvalue weighted by Gasteiger charge is 2.40. The number of nitrogens with one attached hydrogen (secondary N) is 1. The number of aromatic nitrogens is 1. The smallest absolute Gasteiger partial charge is 0.410 e. The van der Waals surface area contributed by atoms with Crippen molar-refractivity contribution in [2.75, 3.05) is 20.2 Å². The molecule has 0 bridgehead atoms. The number of aryl methyl sites for hydroxylation is 1. The Hall–Kier alpha value is -3.03. The Morgan fingerprint density at radius 2 is 2.14 bits per heavy atom. The first-order valence-corrected chi connectivity index (χ1v) is 9.38. The summed E-state index contributed by atoms with van der Waals surface area (Å²) in [4.78, 5) is 30.3. The SMILES string of the molecule is COc1ccccc1-c1nc(CC(=O)NCC2CN(C3CC3)C(=O)O2)c(C)o1. The molecule has 8 nitrogen and oxygen atoms in total. The summed E-state index contributed by atoms with van der Waals surface area (Å²) in [7, 11) is 1.59. The standard InChI is InChI=1S/C20H23N3O5/c1-12-16(22-19(27-12)15-5-3-4-6-17(15)26-2)9-18(24)21-10-14-11-23(13-7-8-13)20(25)28-14/h3-6,13-14H,7-11H2,1-2H3,(H,21,24). The topological polar surface area (TPSA) is 93.9 Å². The minimum atomic E-state index is -0.306. The molecule has 1 saturated carbocycles. The zero-order valence-corrected chi connectivity index (χ0v) is 15.9. The molecule has 1 saturated heterocycles. The number of oxazole rings is 1. The molecule has 2 aromatic rings. The third-order valence-electron chi connectivity index (χ3n) is 4.97. The monoisotopic (exact) mass is 385 g/mol. The van der Waals surface area contributed by atoms with Crippen LogP contribution in [-0.2, 0) is 16.0 Å². The average Bonchev–Trinajstić information content (AvgIpc) is 3.38. The van der Waals surface area contributed by atoms with E-state index in [-0.39, 0.29) is 24.5 Å². The van der Waals surface area contributed by atoms with Gasteiger partial charge in [0.2, 0.25) is 11.8 Å². The number of ether oxygens (including phenoxy) is 2. The zero-order valence-electron chi connectivity index (χ0n) is 15.9. The van der Waals surface area contributed by atoms with E-state index in [9.17, 15) is 9.59 Å². The molecule has 0 spiro atoms. The molecule has 1 aliphatic carbocycles. The van der Waals surface area contributed by atoms with Gasteiger partial charge >= 0.3 is 6.09 Å². The van der Waals surface area contributed by atoms with Crippen LogP contribution in [0.5, 0.6) is 5.75 Å². The summed E-state index contributed by atoms with van der Waals surface area (Å²) in [6, 6.07) is 7.74. The Kier molecular flexibility index (Phi) is 4.93. The molecule has 1 atom stereocenters. The van der Waals surface area contributed by atoms with Gasteiger partial charge in [-0.1, -0.05) is 12.1 Å². The van der Waals surface area contributed by atoms with E-state index in [4.69, 9.17) is 13.9 Å². The Morgan fingerprint density at radius 3 is 2.89 bits per heavy atom. The number of rotatable bonds is 7. The molecule has 2 heterocycles. The first-order valence-electron chi connectivity index (χ1n) is 9.38. The summed E-state index contributed by atoms with van der Waals surface area (Å²) in [6.45, 7) is 2.61. The van der Waals surface area contributed by atoms with Crippen LogP contribution in [0.25, 0.3) is 11.5 Å². The van der Waals surface area contributed by atoms with Gasteiger partial charge in [-0.2, -0.15) is 0 Å². The first kappa shape index (κ1) is 18.3. The van der Waals surface area contributed by atoms with E-state index in [0.717, 1.165) is 18.4 Å². The van der Waals surface area contributed by atoms with Gasteiger partial charge in [0.1, 0.15) is 17.6 Å². The maximum absolute atomic E-state index is 12.3. The van der Waals surface area contributed by atoms with E-state index in [1.807, 2.05) is 24.3 Å². The molecule has 1 unspecified atom stereocenters. The number of hydrogen-bond donors (Lipinski definition) is 1. The van der Waals surface area contributed by atoms with E-state index in [2.05, 4.69) is 10.3 Å². The second-order valence-corrected chi connectivity index (χ2v) is 7.09. The van der Waals surface area contributed by atoms with Gasteiger partial charge in [-0.3, -0.25) is 4.79 Å². The molecule has 28 heavy (non-hydrogen) atoms. The van der Waals surface area contributed by atoms with Crippen molar-refractivity contribution in [3.8, 4) is 17.2 Å². The van der Waals surface area contributed by atoms with Crippen LogP contribution in [0.3, 0.4) is 0 Å². The highest BCUT2D eigenvalue weighted by molar-refractivity contribution is 5.79. The van der Waals surface area contributed by atoms with Gasteiger partial charge < -0.3 is 24.1 Å². The van der Waals surface area contributed by atoms with E-state index in [0.29, 0.717) is 42.2 Å². The highest BCUT2D eigenvalue weighted by atomic mass is 16.6. The number of hydrogen-bond acceptors (Lipinski definition) is 6. The van der Waals surface area contributed by atoms with Crippen molar-refractivity contribution < 1.29 is 23.5 Å². The minimum absolute atomic E-state index is 0.0947. The second kappa shape index (κ2) is 7.53. The number of carbonyl (C=O) groups excluding carboxylic acids is 2. The van der Waals surface area contributed by atoms with Crippen molar-refractivity contribution in [2.45, 2.75) is 38.3 Å². The maximum Gasteiger partial charge on any atom is 0.410 e. The lowest BCUT2D eigenvalue weighted by Gasteiger charge is -2.11. The number of cyclic esters (lactones) is 1. The Labute approximate surface area is 162 Å². The van der Waals surface area contributed by atoms with Gasteiger partial charge in [-0.05, 0) is 31.9 Å². The Bertz CT molecular complexity index is 890. The molecule has 1 N–H and O–H groups in total. The quantitative estimate of drug-likeness (QED) is 0.786. The lowest BCUT2D eigenvalue weighted by molar-refractivity contribution is -0.120. The lowest BCUT2D eigenvalue weighted by Crippen LogP contribution is -2.35. The summed E-state index contributed by atoms with van der Waals surface area (Å²) in [5, 5.41) is 2.82. The molecule has 2 amide bonds. The first-order chi connectivity index (χ1) is 13.5. The molecule has 148 valence electrons. The molecule has 1 aromatic heterocycles. The van der Waals surface area contributed by atoms with Crippen LogP contribution >= 0.6 is 0 Å². The summed E-state index contributed by atoms with van der Waals surface area (Å²) < 4.78 is 16.4. The Balaban J connectivity index is 1.35. The number of carbonyl (C=O) groups is 2. The Morgan fingerprint density at radius 1 is 1.36 bits per heavy atom. The summed E-state index contributed by atoms with van der Waals surface area (Å²) >= 11 is 0. The van der Waals surface area contributed by atoms with Gasteiger partial charge in [0.05, 0.1) is 37.9 Å². The maximum atomic E-state index is 12.3. The summed E-state index contributed by atoms with van der Waals surface area (Å²) in [5.41, 5.74) is 1.30. The minimum Gasteiger partial charge on any atom is -0.496 e. The summed E-state index contributed by atoms with van der Waals surface area (Å²) in [6.07, 6.45) is 1.58. The van der Waals surface area contributed by atoms with Crippen LogP contribution < -0.4 is 10.1 Å². The van der Waals surface area contributed by atoms with Crippen molar-refractivity contribution in [2.24, 2.45) is 0 Å². The van der Waals surface area contributed by atoms with Crippen LogP contribution in [0, 0.1) is 6.92 Å². The number of para-hydroxylation sites is 1. The van der Waals surface area contributed by atoms with E-state index in [1.165, 1.54) is 0 Å². The van der Waals surface area contributed by atoms with Crippen LogP contribution in [0.15, 0.2) is 28.7 Å². The van der Waals surface area contributed by atoms with E-state index < -0.39 is 0 Å². The van der Waals surface area contributed by atoms with E-state index >= 15 is 0 Å². The zero-order chi connectivity index (χ0) is 19.7. The fraction of sp³-hybridized carbons (Fsp3) is 0.450. The van der Waals surface area contributed by atoms with Gasteiger partial charge in [-0.25, -0.2) is 9.78 Å². The largest absolute Gasteiger partial charge is 0.496 e. The fourth-order valence-corrected chi connectivity index (χ4v) is 3.30. The van der Waals surface area contributed by atoms with Crippen molar-refractivity contribution in [3.05, 3.63) is 35.7 Å². The van der Waals surface area contributed by atoms with E-state index in [1.54, 1.807) is 18.9 Å². The van der Waals surface area contributed by atoms with Crippen molar-refractivity contribution in [1.82, 2.24) is 15.2 Å². The lowest BCUT2D eigenvalue weighted by atomic mass is 10.2. The molecule has 0 radical (unpaired) electrons. The third kappa shape index (κ3) is 3.81. The average molecular weight is 385 g/mol. The third-order valence-corrected chi connectivity index (χ3v) is 4.97. The van der Waals surface area contributed by atoms with Gasteiger partial charge in [0.25, 0.3) is 0 Å². The van der Waals surface area contributed by atoms with Crippen LogP contribution in [-0.4, -0.2) is 54.2 Å². The van der Waals surface area contributed by atoms with Gasteiger partial charge in [0, 0.05) is 6.04 Å². The summed E-state index contributed by atoms with van der Waals surface area (Å²) in [5.74, 6) is 1.47. The van der Waals surface area contributed by atoms with Crippen LogP contribution in [0.4, 0.5) is 4.79 Å². The van der Waals surface area contributed by atoms with Gasteiger partial charge in [0.15, 0.2) is 0 Å². The highest BCUT2D eigenvalue weighted by Crippen LogP contribution is 2.31. The van der Waals surface area contributed by atoms with Gasteiger partial charge in [-0.15, -0.1) is 0 Å². The predicted molar refractivity (Wildman–Crippen MR) is 99.9 cm³/mol. The fourth-order valence-electron chi connectivity index (χ4n) is 3.30. The molecule has 1 aliphatic heterocycles. The van der Waals surface area contributed by atoms with Crippen LogP contribution in [0.2, 0.25) is 0 Å². The molecular weight excluding hydrogens is 362 g/mol. The van der Waals surface area contributed by atoms with Crippen molar-refractivity contribution in [3.63, 3.8) is 0 Å². The molecular formula is C20H23N3O5. The molecule has 2 aliphatic rings.